The Bertz CT molecular complexity index is 392. The van der Waals surface area contributed by atoms with Gasteiger partial charge in [-0.1, -0.05) is 19.1 Å². The number of carbonyl (C=O) groups excluding carboxylic acids is 1. The van der Waals surface area contributed by atoms with Crippen molar-refractivity contribution in [1.29, 1.82) is 0 Å². The van der Waals surface area contributed by atoms with Crippen LogP contribution in [0.5, 0.6) is 5.75 Å². The Morgan fingerprint density at radius 3 is 2.76 bits per heavy atom. The monoisotopic (exact) mass is 237 g/mol. The van der Waals surface area contributed by atoms with Gasteiger partial charge in [-0.05, 0) is 37.6 Å². The summed E-state index contributed by atoms with van der Waals surface area (Å²) in [5.74, 6) is -0.229. The van der Waals surface area contributed by atoms with Crippen molar-refractivity contribution < 1.29 is 14.6 Å². The van der Waals surface area contributed by atoms with E-state index in [0.29, 0.717) is 12.1 Å². The number of phenolic OH excluding ortho intramolecular Hbond substituents is 1. The standard InChI is InChI=1S/C13H19NO3/c1-4-8-14-13(2,12(16)17-3)10-6-5-7-11(15)9-10/h5-7,9,14-15H,4,8H2,1-3H3. The molecule has 94 valence electrons. The second-order valence-corrected chi connectivity index (χ2v) is 4.09. The molecule has 0 aliphatic heterocycles. The minimum absolute atomic E-state index is 0.135. The van der Waals surface area contributed by atoms with Crippen molar-refractivity contribution in [2.45, 2.75) is 25.8 Å². The fourth-order valence-corrected chi connectivity index (χ4v) is 1.69. The van der Waals surface area contributed by atoms with Crippen LogP contribution in [0.2, 0.25) is 0 Å². The molecule has 0 aliphatic carbocycles. The van der Waals surface area contributed by atoms with Crippen LogP contribution in [0, 0.1) is 0 Å². The van der Waals surface area contributed by atoms with Crippen LogP contribution in [0.15, 0.2) is 24.3 Å². The number of methoxy groups -OCH3 is 1. The maximum atomic E-state index is 11.9. The second kappa shape index (κ2) is 5.68. The lowest BCUT2D eigenvalue weighted by atomic mass is 9.91. The van der Waals surface area contributed by atoms with Gasteiger partial charge in [0.2, 0.25) is 0 Å². The first-order chi connectivity index (χ1) is 8.04. The largest absolute Gasteiger partial charge is 0.508 e. The molecule has 1 aromatic carbocycles. The lowest BCUT2D eigenvalue weighted by Crippen LogP contribution is -2.47. The van der Waals surface area contributed by atoms with Crippen LogP contribution >= 0.6 is 0 Å². The van der Waals surface area contributed by atoms with Crippen LogP contribution < -0.4 is 5.32 Å². The minimum Gasteiger partial charge on any atom is -0.508 e. The lowest BCUT2D eigenvalue weighted by molar-refractivity contribution is -0.148. The van der Waals surface area contributed by atoms with Crippen molar-refractivity contribution in [3.8, 4) is 5.75 Å². The molecule has 0 radical (unpaired) electrons. The molecule has 1 aromatic rings. The molecule has 0 aromatic heterocycles. The highest BCUT2D eigenvalue weighted by molar-refractivity contribution is 5.82. The number of phenols is 1. The van der Waals surface area contributed by atoms with Crippen LogP contribution in [-0.4, -0.2) is 24.7 Å². The van der Waals surface area contributed by atoms with E-state index in [1.165, 1.54) is 7.11 Å². The topological polar surface area (TPSA) is 58.6 Å². The zero-order valence-corrected chi connectivity index (χ0v) is 10.5. The molecular formula is C13H19NO3. The highest BCUT2D eigenvalue weighted by atomic mass is 16.5. The molecule has 0 amide bonds. The van der Waals surface area contributed by atoms with Gasteiger partial charge >= 0.3 is 5.97 Å². The van der Waals surface area contributed by atoms with Gasteiger partial charge in [0.1, 0.15) is 11.3 Å². The van der Waals surface area contributed by atoms with E-state index in [-0.39, 0.29) is 11.7 Å². The van der Waals surface area contributed by atoms with E-state index in [2.05, 4.69) is 5.32 Å². The van der Waals surface area contributed by atoms with E-state index in [0.717, 1.165) is 6.42 Å². The predicted octanol–water partition coefficient (Wildman–Crippen LogP) is 1.78. The quantitative estimate of drug-likeness (QED) is 0.766. The first-order valence-electron chi connectivity index (χ1n) is 5.67. The highest BCUT2D eigenvalue weighted by Gasteiger charge is 2.35. The summed E-state index contributed by atoms with van der Waals surface area (Å²) in [4.78, 5) is 11.9. The fraction of sp³-hybridized carbons (Fsp3) is 0.462. The summed E-state index contributed by atoms with van der Waals surface area (Å²) in [5, 5.41) is 12.6. The van der Waals surface area contributed by atoms with Crippen molar-refractivity contribution in [3.63, 3.8) is 0 Å². The lowest BCUT2D eigenvalue weighted by Gasteiger charge is -2.28. The molecule has 4 heteroatoms. The number of rotatable bonds is 5. The molecule has 4 nitrogen and oxygen atoms in total. The van der Waals surface area contributed by atoms with Crippen LogP contribution in [-0.2, 0) is 15.1 Å². The van der Waals surface area contributed by atoms with Crippen LogP contribution in [0.4, 0.5) is 0 Å². The molecule has 1 atom stereocenters. The molecule has 0 saturated heterocycles. The number of carbonyl (C=O) groups is 1. The van der Waals surface area contributed by atoms with Crippen molar-refractivity contribution >= 4 is 5.97 Å². The Balaban J connectivity index is 3.09. The number of hydrogen-bond donors (Lipinski definition) is 2. The number of hydrogen-bond acceptors (Lipinski definition) is 4. The van der Waals surface area contributed by atoms with Gasteiger partial charge in [0.25, 0.3) is 0 Å². The third-order valence-electron chi connectivity index (χ3n) is 2.75. The summed E-state index contributed by atoms with van der Waals surface area (Å²) in [6.07, 6.45) is 0.908. The molecule has 0 heterocycles. The van der Waals surface area contributed by atoms with E-state index in [1.807, 2.05) is 6.92 Å². The summed E-state index contributed by atoms with van der Waals surface area (Å²) in [6, 6.07) is 6.64. The van der Waals surface area contributed by atoms with E-state index in [4.69, 9.17) is 4.74 Å². The van der Waals surface area contributed by atoms with Crippen LogP contribution in [0.3, 0.4) is 0 Å². The Labute approximate surface area is 102 Å². The van der Waals surface area contributed by atoms with Gasteiger partial charge in [-0.15, -0.1) is 0 Å². The predicted molar refractivity (Wildman–Crippen MR) is 65.8 cm³/mol. The van der Waals surface area contributed by atoms with E-state index >= 15 is 0 Å². The van der Waals surface area contributed by atoms with Gasteiger partial charge in [-0.25, -0.2) is 4.79 Å². The maximum absolute atomic E-state index is 11.9. The Morgan fingerprint density at radius 2 is 2.24 bits per heavy atom. The summed E-state index contributed by atoms with van der Waals surface area (Å²) < 4.78 is 4.82. The summed E-state index contributed by atoms with van der Waals surface area (Å²) in [5.41, 5.74) is -0.235. The number of esters is 1. The first kappa shape index (κ1) is 13.5. The Hall–Kier alpha value is -1.55. The Kier molecular flexibility index (Phi) is 4.52. The first-order valence-corrected chi connectivity index (χ1v) is 5.67. The fourth-order valence-electron chi connectivity index (χ4n) is 1.69. The van der Waals surface area contributed by atoms with Gasteiger partial charge in [0, 0.05) is 0 Å². The normalized spacial score (nSPS) is 14.1. The molecule has 2 N–H and O–H groups in total. The summed E-state index contributed by atoms with van der Waals surface area (Å²) in [7, 11) is 1.36. The average molecular weight is 237 g/mol. The molecule has 0 bridgehead atoms. The minimum atomic E-state index is -0.927. The van der Waals surface area contributed by atoms with E-state index < -0.39 is 5.54 Å². The van der Waals surface area contributed by atoms with Crippen molar-refractivity contribution in [2.75, 3.05) is 13.7 Å². The van der Waals surface area contributed by atoms with Crippen LogP contribution in [0.1, 0.15) is 25.8 Å². The molecule has 1 rings (SSSR count). The zero-order chi connectivity index (χ0) is 12.9. The Morgan fingerprint density at radius 1 is 1.53 bits per heavy atom. The smallest absolute Gasteiger partial charge is 0.330 e. The number of aromatic hydroxyl groups is 1. The molecule has 1 unspecified atom stereocenters. The SMILES string of the molecule is CCCNC(C)(C(=O)OC)c1cccc(O)c1. The molecule has 17 heavy (non-hydrogen) atoms. The molecule has 0 fully saturated rings. The molecule has 0 saturated carbocycles. The second-order valence-electron chi connectivity index (χ2n) is 4.09. The van der Waals surface area contributed by atoms with Gasteiger partial charge < -0.3 is 9.84 Å². The van der Waals surface area contributed by atoms with Crippen molar-refractivity contribution in [3.05, 3.63) is 29.8 Å². The third kappa shape index (κ3) is 2.97. The number of benzene rings is 1. The molecule has 0 spiro atoms. The maximum Gasteiger partial charge on any atom is 0.330 e. The number of nitrogens with one attached hydrogen (secondary N) is 1. The van der Waals surface area contributed by atoms with Gasteiger partial charge in [0.15, 0.2) is 0 Å². The number of ether oxygens (including phenoxy) is 1. The van der Waals surface area contributed by atoms with Gasteiger partial charge in [0.05, 0.1) is 7.11 Å². The van der Waals surface area contributed by atoms with E-state index in [9.17, 15) is 9.90 Å². The van der Waals surface area contributed by atoms with Gasteiger partial charge in [-0.3, -0.25) is 5.32 Å². The van der Waals surface area contributed by atoms with Crippen LogP contribution in [0.25, 0.3) is 0 Å². The summed E-state index contributed by atoms with van der Waals surface area (Å²) >= 11 is 0. The molecule has 0 aliphatic rings. The van der Waals surface area contributed by atoms with Gasteiger partial charge in [-0.2, -0.15) is 0 Å². The average Bonchev–Trinajstić information content (AvgIpc) is 2.34. The summed E-state index contributed by atoms with van der Waals surface area (Å²) in [6.45, 7) is 4.47. The van der Waals surface area contributed by atoms with Crippen molar-refractivity contribution in [1.82, 2.24) is 5.32 Å². The highest BCUT2D eigenvalue weighted by Crippen LogP contribution is 2.25. The zero-order valence-electron chi connectivity index (χ0n) is 10.5. The third-order valence-corrected chi connectivity index (χ3v) is 2.75. The van der Waals surface area contributed by atoms with Crippen molar-refractivity contribution in [2.24, 2.45) is 0 Å². The molecular weight excluding hydrogens is 218 g/mol. The van der Waals surface area contributed by atoms with E-state index in [1.54, 1.807) is 31.2 Å².